The molecule has 0 saturated carbocycles. The molecule has 0 aliphatic rings. The minimum absolute atomic E-state index is 0.0557. The molecule has 4 nitrogen and oxygen atoms in total. The molecule has 0 aliphatic heterocycles. The molecule has 0 radical (unpaired) electrons. The van der Waals surface area contributed by atoms with Crippen LogP contribution in [0.1, 0.15) is 22.3 Å². The fourth-order valence-electron chi connectivity index (χ4n) is 2.75. The number of carbonyl (C=O) groups is 1. The first kappa shape index (κ1) is 19.7. The van der Waals surface area contributed by atoms with Crippen molar-refractivity contribution >= 4 is 27.5 Å². The maximum absolute atomic E-state index is 12.4. The molecule has 1 amide bonds. The van der Waals surface area contributed by atoms with Gasteiger partial charge in [-0.2, -0.15) is 5.26 Å². The highest BCUT2D eigenvalue weighted by molar-refractivity contribution is 9.10. The number of nitrogens with zero attached hydrogens (tertiary/aromatic N) is 1. The molecule has 2 aromatic rings. The lowest BCUT2D eigenvalue weighted by molar-refractivity contribution is -0.112. The van der Waals surface area contributed by atoms with E-state index < -0.39 is 5.91 Å². The average molecular weight is 412 g/mol. The molecule has 0 saturated heterocycles. The molecule has 0 bridgehead atoms. The number of nitriles is 1. The van der Waals surface area contributed by atoms with Crippen LogP contribution in [0.5, 0.6) is 0 Å². The molecule has 134 valence electrons. The van der Waals surface area contributed by atoms with Crippen molar-refractivity contribution in [1.29, 1.82) is 5.26 Å². The Morgan fingerprint density at radius 1 is 1.15 bits per heavy atom. The molecule has 5 heteroatoms. The number of benzene rings is 2. The first-order valence-corrected chi connectivity index (χ1v) is 9.17. The van der Waals surface area contributed by atoms with Crippen LogP contribution in [0.3, 0.4) is 0 Å². The second-order valence-electron chi connectivity index (χ2n) is 6.23. The van der Waals surface area contributed by atoms with Gasteiger partial charge in [0, 0.05) is 22.9 Å². The van der Waals surface area contributed by atoms with Gasteiger partial charge in [0.1, 0.15) is 11.6 Å². The van der Waals surface area contributed by atoms with E-state index in [9.17, 15) is 10.1 Å². The molecule has 0 heterocycles. The van der Waals surface area contributed by atoms with Gasteiger partial charge in [0.2, 0.25) is 0 Å². The Morgan fingerprint density at radius 3 is 2.35 bits per heavy atom. The minimum atomic E-state index is -0.404. The molecule has 0 spiro atoms. The number of nitrogens with one attached hydrogen (secondary N) is 2. The number of amides is 1. The van der Waals surface area contributed by atoms with Crippen LogP contribution in [0.25, 0.3) is 0 Å². The summed E-state index contributed by atoms with van der Waals surface area (Å²) in [6.45, 7) is 6.55. The summed E-state index contributed by atoms with van der Waals surface area (Å²) in [5.74, 6) is -0.404. The van der Waals surface area contributed by atoms with Crippen molar-refractivity contribution in [3.63, 3.8) is 0 Å². The maximum Gasteiger partial charge on any atom is 0.267 e. The van der Waals surface area contributed by atoms with E-state index in [-0.39, 0.29) is 5.57 Å². The van der Waals surface area contributed by atoms with Crippen LogP contribution in [0, 0.1) is 32.1 Å². The Labute approximate surface area is 163 Å². The van der Waals surface area contributed by atoms with Crippen molar-refractivity contribution < 1.29 is 4.79 Å². The molecule has 0 aliphatic carbocycles. The van der Waals surface area contributed by atoms with Crippen molar-refractivity contribution in [1.82, 2.24) is 5.32 Å². The van der Waals surface area contributed by atoms with E-state index in [2.05, 4.69) is 26.6 Å². The Hall–Kier alpha value is -2.58. The second kappa shape index (κ2) is 9.21. The highest BCUT2D eigenvalue weighted by atomic mass is 79.9. The third-order valence-electron chi connectivity index (χ3n) is 4.00. The molecule has 26 heavy (non-hydrogen) atoms. The zero-order valence-corrected chi connectivity index (χ0v) is 16.8. The van der Waals surface area contributed by atoms with E-state index in [0.717, 1.165) is 33.3 Å². The topological polar surface area (TPSA) is 64.9 Å². The lowest BCUT2D eigenvalue weighted by atomic mass is 10.0. The van der Waals surface area contributed by atoms with Crippen molar-refractivity contribution in [3.8, 4) is 6.07 Å². The van der Waals surface area contributed by atoms with Gasteiger partial charge in [0.05, 0.1) is 0 Å². The van der Waals surface area contributed by atoms with Gasteiger partial charge < -0.3 is 10.6 Å². The number of carbonyl (C=O) groups excluding carboxylic acids is 1. The lowest BCUT2D eigenvalue weighted by Gasteiger charge is -2.12. The Morgan fingerprint density at radius 2 is 1.77 bits per heavy atom. The monoisotopic (exact) mass is 411 g/mol. The van der Waals surface area contributed by atoms with Crippen molar-refractivity contribution in [2.75, 3.05) is 11.9 Å². The van der Waals surface area contributed by atoms with Gasteiger partial charge in [-0.15, -0.1) is 0 Å². The maximum atomic E-state index is 12.4. The van der Waals surface area contributed by atoms with E-state index in [0.29, 0.717) is 6.54 Å². The second-order valence-corrected chi connectivity index (χ2v) is 7.14. The average Bonchev–Trinajstić information content (AvgIpc) is 2.59. The molecule has 0 unspecified atom stereocenters. The standard InChI is InChI=1S/C21H22BrN3O/c1-14-10-15(2)20(16(3)11-14)25-21(26)18(12-23)13-24-9-8-17-4-6-19(22)7-5-17/h4-7,10-11,13,24H,8-9H2,1-3H3,(H,25,26)/b18-13-. The van der Waals surface area contributed by atoms with E-state index in [4.69, 9.17) is 0 Å². The number of hydrogen-bond acceptors (Lipinski definition) is 3. The van der Waals surface area contributed by atoms with Crippen molar-refractivity contribution in [3.05, 3.63) is 74.9 Å². The highest BCUT2D eigenvalue weighted by Crippen LogP contribution is 2.22. The summed E-state index contributed by atoms with van der Waals surface area (Å²) in [4.78, 5) is 12.4. The summed E-state index contributed by atoms with van der Waals surface area (Å²) in [5, 5.41) is 15.2. The Bertz CT molecular complexity index is 841. The van der Waals surface area contributed by atoms with Gasteiger partial charge in [-0.05, 0) is 56.0 Å². The van der Waals surface area contributed by atoms with Crippen LogP contribution in [0.4, 0.5) is 5.69 Å². The molecule has 0 aromatic heterocycles. The number of halogens is 1. The van der Waals surface area contributed by atoms with E-state index in [1.165, 1.54) is 11.8 Å². The van der Waals surface area contributed by atoms with E-state index in [1.807, 2.05) is 63.2 Å². The molecule has 2 N–H and O–H groups in total. The Balaban J connectivity index is 1.97. The summed E-state index contributed by atoms with van der Waals surface area (Å²) >= 11 is 3.41. The predicted octanol–water partition coefficient (Wildman–Crippen LogP) is 4.55. The molecule has 0 fully saturated rings. The van der Waals surface area contributed by atoms with Gasteiger partial charge in [-0.3, -0.25) is 4.79 Å². The van der Waals surface area contributed by atoms with Crippen LogP contribution in [0.15, 0.2) is 52.6 Å². The zero-order valence-electron chi connectivity index (χ0n) is 15.2. The van der Waals surface area contributed by atoms with E-state index >= 15 is 0 Å². The third-order valence-corrected chi connectivity index (χ3v) is 4.53. The van der Waals surface area contributed by atoms with Gasteiger partial charge in [0.15, 0.2) is 0 Å². The zero-order chi connectivity index (χ0) is 19.1. The summed E-state index contributed by atoms with van der Waals surface area (Å²) in [6.07, 6.45) is 2.29. The summed E-state index contributed by atoms with van der Waals surface area (Å²) in [7, 11) is 0. The van der Waals surface area contributed by atoms with Crippen LogP contribution in [-0.2, 0) is 11.2 Å². The first-order valence-electron chi connectivity index (χ1n) is 8.38. The third kappa shape index (κ3) is 5.47. The minimum Gasteiger partial charge on any atom is -0.389 e. The smallest absolute Gasteiger partial charge is 0.267 e. The van der Waals surface area contributed by atoms with Gasteiger partial charge in [0.25, 0.3) is 5.91 Å². The van der Waals surface area contributed by atoms with Gasteiger partial charge >= 0.3 is 0 Å². The number of anilines is 1. The fraction of sp³-hybridized carbons (Fsp3) is 0.238. The Kier molecular flexibility index (Phi) is 6.99. The molecular formula is C21H22BrN3O. The van der Waals surface area contributed by atoms with Crippen LogP contribution >= 0.6 is 15.9 Å². The lowest BCUT2D eigenvalue weighted by Crippen LogP contribution is -2.19. The fourth-order valence-corrected chi connectivity index (χ4v) is 3.01. The SMILES string of the molecule is Cc1cc(C)c(NC(=O)/C(C#N)=C\NCCc2ccc(Br)cc2)c(C)c1. The summed E-state index contributed by atoms with van der Waals surface area (Å²) in [5.41, 5.74) is 5.11. The normalized spacial score (nSPS) is 11.0. The summed E-state index contributed by atoms with van der Waals surface area (Å²) in [6, 6.07) is 14.0. The van der Waals surface area contributed by atoms with Gasteiger partial charge in [-0.1, -0.05) is 45.8 Å². The molecule has 2 rings (SSSR count). The van der Waals surface area contributed by atoms with E-state index in [1.54, 1.807) is 0 Å². The number of rotatable bonds is 6. The van der Waals surface area contributed by atoms with Crippen LogP contribution < -0.4 is 10.6 Å². The quantitative estimate of drug-likeness (QED) is 0.416. The molecule has 0 atom stereocenters. The highest BCUT2D eigenvalue weighted by Gasteiger charge is 2.12. The molecular weight excluding hydrogens is 390 g/mol. The predicted molar refractivity (Wildman–Crippen MR) is 109 cm³/mol. The first-order chi connectivity index (χ1) is 12.4. The van der Waals surface area contributed by atoms with Gasteiger partial charge in [-0.25, -0.2) is 0 Å². The molecule has 2 aromatic carbocycles. The largest absolute Gasteiger partial charge is 0.389 e. The number of hydrogen-bond donors (Lipinski definition) is 2. The number of aryl methyl sites for hydroxylation is 3. The van der Waals surface area contributed by atoms with Crippen LogP contribution in [-0.4, -0.2) is 12.5 Å². The van der Waals surface area contributed by atoms with Crippen LogP contribution in [0.2, 0.25) is 0 Å². The summed E-state index contributed by atoms with van der Waals surface area (Å²) < 4.78 is 1.04. The van der Waals surface area contributed by atoms with Crippen molar-refractivity contribution in [2.45, 2.75) is 27.2 Å². The van der Waals surface area contributed by atoms with Crippen molar-refractivity contribution in [2.24, 2.45) is 0 Å².